The Morgan fingerprint density at radius 3 is 2.48 bits per heavy atom. The zero-order valence-corrected chi connectivity index (χ0v) is 24.7. The minimum absolute atomic E-state index is 0.120. The van der Waals surface area contributed by atoms with E-state index in [4.69, 9.17) is 0 Å². The number of fused-ring (bicyclic) bond motifs is 1. The number of sulfonamides is 1. The number of aryl methyl sites for hydroxylation is 2. The van der Waals surface area contributed by atoms with Gasteiger partial charge in [0, 0.05) is 29.4 Å². The lowest BCUT2D eigenvalue weighted by molar-refractivity contribution is -0.257. The van der Waals surface area contributed by atoms with Crippen LogP contribution >= 0.6 is 0 Å². The summed E-state index contributed by atoms with van der Waals surface area (Å²) in [5.41, 5.74) is 4.40. The van der Waals surface area contributed by atoms with E-state index in [-0.39, 0.29) is 16.6 Å². The van der Waals surface area contributed by atoms with Crippen molar-refractivity contribution in [1.29, 1.82) is 0 Å². The predicted molar refractivity (Wildman–Crippen MR) is 163 cm³/mol. The number of pyridine rings is 1. The number of anilines is 1. The number of likely N-dealkylation sites (N-methyl/N-ethyl adjacent to an activating group) is 1. The largest absolute Gasteiger partial charge is 0.342 e. The Labute approximate surface area is 245 Å². The average Bonchev–Trinajstić information content (AvgIpc) is 3.34. The van der Waals surface area contributed by atoms with Crippen LogP contribution in [0, 0.1) is 19.7 Å². The van der Waals surface area contributed by atoms with Gasteiger partial charge in [-0.1, -0.05) is 54.1 Å². The Morgan fingerprint density at radius 2 is 1.74 bits per heavy atom. The molecule has 0 fully saturated rings. The van der Waals surface area contributed by atoms with Gasteiger partial charge in [-0.3, -0.25) is 4.79 Å². The molecule has 1 unspecified atom stereocenters. The first kappa shape index (κ1) is 29.0. The maximum Gasteiger partial charge on any atom is 0.342 e. The van der Waals surface area contributed by atoms with Crippen LogP contribution in [0.15, 0.2) is 96.0 Å². The lowest BCUT2D eigenvalue weighted by atomic mass is 9.91. The molecule has 5 rings (SSSR count). The molecule has 42 heavy (non-hydrogen) atoms. The molecule has 0 spiro atoms. The standard InChI is InChI=1S/C33H31FN4O3S/c1-22-13-15-27(16-14-22)42(40,41)38-21-30(28-11-5-8-23(2)32(28)34)29-19-25(20-35-33(29)38)24-9-6-10-26(18-24)36-31(39)12-7-17-37(3)4/h5-16,18-21,30H,17H2,1-4H3/p+1/b12-7+. The van der Waals surface area contributed by atoms with Gasteiger partial charge >= 0.3 is 15.8 Å². The second kappa shape index (κ2) is 11.8. The molecule has 0 saturated heterocycles. The van der Waals surface area contributed by atoms with Crippen LogP contribution in [0.5, 0.6) is 0 Å². The number of nitrogens with zero attached hydrogens (tertiary/aromatic N) is 3. The summed E-state index contributed by atoms with van der Waals surface area (Å²) in [6.07, 6.45) is 6.38. The molecular formula is C33H32FN4O3S+. The van der Waals surface area contributed by atoms with E-state index in [1.807, 2.05) is 50.2 Å². The van der Waals surface area contributed by atoms with Crippen LogP contribution in [-0.4, -0.2) is 55.0 Å². The Morgan fingerprint density at radius 1 is 1.00 bits per heavy atom. The Balaban J connectivity index is 1.56. The van der Waals surface area contributed by atoms with E-state index in [1.165, 1.54) is 12.3 Å². The summed E-state index contributed by atoms with van der Waals surface area (Å²) in [6, 6.07) is 20.8. The third-order valence-electron chi connectivity index (χ3n) is 7.06. The molecule has 1 aromatic heterocycles. The number of hydrogen-bond acceptors (Lipinski definition) is 5. The first-order valence-corrected chi connectivity index (χ1v) is 14.9. The van der Waals surface area contributed by atoms with Gasteiger partial charge in [-0.05, 0) is 74.4 Å². The molecule has 1 atom stereocenters. The summed E-state index contributed by atoms with van der Waals surface area (Å²) in [6.45, 7) is 4.21. The second-order valence-corrected chi connectivity index (χ2v) is 12.4. The number of amides is 1. The summed E-state index contributed by atoms with van der Waals surface area (Å²) in [5.74, 6) is -1.10. The van der Waals surface area contributed by atoms with E-state index in [1.54, 1.807) is 67.7 Å². The van der Waals surface area contributed by atoms with E-state index < -0.39 is 21.8 Å². The van der Waals surface area contributed by atoms with Gasteiger partial charge in [-0.25, -0.2) is 4.39 Å². The Bertz CT molecular complexity index is 1830. The van der Waals surface area contributed by atoms with Gasteiger partial charge in [0.25, 0.3) is 0 Å². The van der Waals surface area contributed by atoms with E-state index in [0.29, 0.717) is 34.5 Å². The van der Waals surface area contributed by atoms with Crippen molar-refractivity contribution >= 4 is 33.7 Å². The smallest absolute Gasteiger partial charge is 0.323 e. The van der Waals surface area contributed by atoms with Crippen molar-refractivity contribution < 1.29 is 21.6 Å². The molecule has 214 valence electrons. The van der Waals surface area contributed by atoms with Crippen LogP contribution in [-0.2, 0) is 14.8 Å². The third kappa shape index (κ3) is 5.93. The van der Waals surface area contributed by atoms with Crippen molar-refractivity contribution in [2.45, 2.75) is 24.7 Å². The Hall–Kier alpha value is -4.47. The molecule has 0 saturated carbocycles. The van der Waals surface area contributed by atoms with Crippen molar-refractivity contribution in [3.8, 4) is 11.1 Å². The number of benzene rings is 3. The molecule has 7 nitrogen and oxygen atoms in total. The average molecular weight is 584 g/mol. The predicted octanol–water partition coefficient (Wildman–Crippen LogP) is 5.81. The van der Waals surface area contributed by atoms with Crippen molar-refractivity contribution in [3.05, 3.63) is 119 Å². The van der Waals surface area contributed by atoms with Crippen LogP contribution in [0.2, 0.25) is 0 Å². The van der Waals surface area contributed by atoms with Gasteiger partial charge < -0.3 is 10.2 Å². The lowest BCUT2D eigenvalue weighted by Crippen LogP contribution is -2.17. The molecule has 1 amide bonds. The molecule has 0 aliphatic carbocycles. The topological polar surface area (TPSA) is 82.4 Å². The first-order chi connectivity index (χ1) is 20.0. The van der Waals surface area contributed by atoms with Crippen LogP contribution in [0.3, 0.4) is 0 Å². The summed E-state index contributed by atoms with van der Waals surface area (Å²) in [4.78, 5) is 19.1. The van der Waals surface area contributed by atoms with E-state index in [9.17, 15) is 13.2 Å². The van der Waals surface area contributed by atoms with Gasteiger partial charge in [0.1, 0.15) is 16.9 Å². The van der Waals surface area contributed by atoms with Crippen LogP contribution < -0.4 is 5.32 Å². The van der Waals surface area contributed by atoms with Gasteiger partial charge in [0.15, 0.2) is 0 Å². The van der Waals surface area contributed by atoms with Crippen molar-refractivity contribution in [2.75, 3.05) is 26.0 Å². The van der Waals surface area contributed by atoms with Crippen LogP contribution in [0.1, 0.15) is 28.2 Å². The van der Waals surface area contributed by atoms with Crippen molar-refractivity contribution in [2.24, 2.45) is 0 Å². The van der Waals surface area contributed by atoms with E-state index >= 15 is 4.39 Å². The normalized spacial score (nSPS) is 14.7. The van der Waals surface area contributed by atoms with Crippen molar-refractivity contribution in [1.82, 2.24) is 9.88 Å². The molecular weight excluding hydrogens is 551 g/mol. The number of rotatable bonds is 8. The molecule has 0 radical (unpaired) electrons. The number of carbonyl (C=O) groups excluding carboxylic acids is 1. The minimum atomic E-state index is -4.01. The monoisotopic (exact) mass is 583 g/mol. The Kier molecular flexibility index (Phi) is 8.15. The maximum absolute atomic E-state index is 15.4. The van der Waals surface area contributed by atoms with Gasteiger partial charge in [0.05, 0.1) is 17.7 Å². The zero-order chi connectivity index (χ0) is 30.0. The summed E-state index contributed by atoms with van der Waals surface area (Å²) in [5, 5.41) is 2.87. The number of hydrogen-bond donors (Lipinski definition) is 1. The fraction of sp³-hybridized carbons (Fsp3) is 0.182. The summed E-state index contributed by atoms with van der Waals surface area (Å²) >= 11 is 0. The third-order valence-corrected chi connectivity index (χ3v) is 8.74. The molecule has 4 aromatic rings. The molecule has 2 heterocycles. The highest BCUT2D eigenvalue weighted by atomic mass is 32.2. The maximum atomic E-state index is 15.4. The van der Waals surface area contributed by atoms with Gasteiger partial charge in [-0.2, -0.15) is 8.42 Å². The quantitative estimate of drug-likeness (QED) is 0.209. The van der Waals surface area contributed by atoms with E-state index in [0.717, 1.165) is 15.1 Å². The highest BCUT2D eigenvalue weighted by Gasteiger charge is 2.41. The highest BCUT2D eigenvalue weighted by molar-refractivity contribution is 7.85. The van der Waals surface area contributed by atoms with Gasteiger partial charge in [-0.15, -0.1) is 3.98 Å². The number of nitrogens with one attached hydrogen (secondary N) is 1. The van der Waals surface area contributed by atoms with Crippen LogP contribution in [0.25, 0.3) is 11.1 Å². The first-order valence-electron chi connectivity index (χ1n) is 13.5. The molecule has 1 aliphatic heterocycles. The zero-order valence-electron chi connectivity index (χ0n) is 23.9. The summed E-state index contributed by atoms with van der Waals surface area (Å²) < 4.78 is 44.1. The van der Waals surface area contributed by atoms with E-state index in [2.05, 4.69) is 10.3 Å². The second-order valence-electron chi connectivity index (χ2n) is 10.6. The summed E-state index contributed by atoms with van der Waals surface area (Å²) in [7, 11) is -0.168. The van der Waals surface area contributed by atoms with Crippen LogP contribution in [0.4, 0.5) is 15.9 Å². The highest BCUT2D eigenvalue weighted by Crippen LogP contribution is 2.40. The molecule has 1 N–H and O–H groups in total. The molecule has 3 aromatic carbocycles. The molecule has 0 bridgehead atoms. The fourth-order valence-electron chi connectivity index (χ4n) is 4.84. The number of aromatic nitrogens is 1. The number of halogens is 1. The van der Waals surface area contributed by atoms with Crippen molar-refractivity contribution in [3.63, 3.8) is 0 Å². The molecule has 1 aliphatic rings. The number of carbonyl (C=O) groups is 1. The molecule has 9 heteroatoms. The SMILES string of the molecule is Cc1ccc(S(=O)(=O)[N+]2=CC(c3cccc(C)c3F)c3cc(-c4cccc(NC(=O)/C=C/CN(C)C)c4)cnc32)cc1. The minimum Gasteiger partial charge on any atom is -0.323 e. The van der Waals surface area contributed by atoms with Gasteiger partial charge in [0.2, 0.25) is 5.91 Å². The fourth-order valence-corrected chi connectivity index (χ4v) is 6.21. The lowest BCUT2D eigenvalue weighted by Gasteiger charge is -2.11.